The molecule has 1 aliphatic carbocycles. The molecule has 1 fully saturated rings. The molecular formula is C24H27F5. The quantitative estimate of drug-likeness (QED) is 0.331. The molecule has 0 amide bonds. The maximum Gasteiger partial charge on any atom is 0.416 e. The van der Waals surface area contributed by atoms with Crippen molar-refractivity contribution >= 4 is 0 Å². The third-order valence-electron chi connectivity index (χ3n) is 6.09. The highest BCUT2D eigenvalue weighted by Crippen LogP contribution is 2.46. The average molecular weight is 410 g/mol. The Labute approximate surface area is 169 Å². The van der Waals surface area contributed by atoms with Crippen molar-refractivity contribution in [3.8, 4) is 11.1 Å². The van der Waals surface area contributed by atoms with Gasteiger partial charge < -0.3 is 0 Å². The molecule has 29 heavy (non-hydrogen) atoms. The van der Waals surface area contributed by atoms with Crippen LogP contribution in [-0.2, 0) is 6.18 Å². The average Bonchev–Trinajstić information content (AvgIpc) is 2.69. The molecule has 0 radical (unpaired) electrons. The first kappa shape index (κ1) is 21.8. The van der Waals surface area contributed by atoms with Gasteiger partial charge in [0.2, 0.25) is 0 Å². The number of alkyl halides is 3. The van der Waals surface area contributed by atoms with Gasteiger partial charge in [0, 0.05) is 5.56 Å². The van der Waals surface area contributed by atoms with Gasteiger partial charge in [-0.1, -0.05) is 62.9 Å². The SMILES string of the molecule is CCCCCC1CCC(c2c(C(F)(F)F)cc(F)c(-c3ccccc3)c2F)CC1. The molecule has 1 saturated carbocycles. The molecule has 0 heterocycles. The molecule has 0 aliphatic heterocycles. The van der Waals surface area contributed by atoms with Crippen molar-refractivity contribution in [1.82, 2.24) is 0 Å². The van der Waals surface area contributed by atoms with Crippen molar-refractivity contribution in [1.29, 1.82) is 0 Å². The molecule has 3 rings (SSSR count). The second-order valence-corrected chi connectivity index (χ2v) is 8.09. The summed E-state index contributed by atoms with van der Waals surface area (Å²) in [5, 5.41) is 0. The molecule has 0 aromatic heterocycles. The zero-order valence-electron chi connectivity index (χ0n) is 16.7. The van der Waals surface area contributed by atoms with E-state index in [-0.39, 0.29) is 16.7 Å². The maximum atomic E-state index is 15.4. The summed E-state index contributed by atoms with van der Waals surface area (Å²) in [7, 11) is 0. The van der Waals surface area contributed by atoms with Crippen molar-refractivity contribution in [3.05, 3.63) is 59.2 Å². The third kappa shape index (κ3) is 4.99. The second kappa shape index (κ2) is 9.27. The standard InChI is InChI=1S/C24H27F5/c1-2-3-5-8-16-11-13-18(14-12-16)21-19(24(27,28)29)15-20(25)22(23(21)26)17-9-6-4-7-10-17/h4,6-7,9-10,15-16,18H,2-3,5,8,11-14H2,1H3. The van der Waals surface area contributed by atoms with Gasteiger partial charge in [0.1, 0.15) is 11.6 Å². The summed E-state index contributed by atoms with van der Waals surface area (Å²) in [5.74, 6) is -2.27. The first-order valence-electron chi connectivity index (χ1n) is 10.5. The molecule has 0 atom stereocenters. The minimum atomic E-state index is -4.79. The van der Waals surface area contributed by atoms with Crippen LogP contribution in [0, 0.1) is 17.6 Å². The fourth-order valence-corrected chi connectivity index (χ4v) is 4.56. The van der Waals surface area contributed by atoms with Gasteiger partial charge in [0.25, 0.3) is 0 Å². The minimum Gasteiger partial charge on any atom is -0.206 e. The lowest BCUT2D eigenvalue weighted by Crippen LogP contribution is -2.20. The first-order chi connectivity index (χ1) is 13.8. The Balaban J connectivity index is 1.95. The molecule has 5 heteroatoms. The highest BCUT2D eigenvalue weighted by Gasteiger charge is 2.40. The van der Waals surface area contributed by atoms with Crippen molar-refractivity contribution in [3.63, 3.8) is 0 Å². The van der Waals surface area contributed by atoms with Crippen LogP contribution in [0.15, 0.2) is 36.4 Å². The Kier molecular flexibility index (Phi) is 6.97. The van der Waals surface area contributed by atoms with Gasteiger partial charge >= 0.3 is 6.18 Å². The Morgan fingerprint density at radius 3 is 2.17 bits per heavy atom. The summed E-state index contributed by atoms with van der Waals surface area (Å²) in [5.41, 5.74) is -1.63. The van der Waals surface area contributed by atoms with E-state index >= 15 is 4.39 Å². The summed E-state index contributed by atoms with van der Waals surface area (Å²) in [6, 6.07) is 8.45. The number of benzene rings is 2. The molecule has 2 aromatic carbocycles. The summed E-state index contributed by atoms with van der Waals surface area (Å²) < 4.78 is 70.9. The summed E-state index contributed by atoms with van der Waals surface area (Å²) in [6.07, 6.45) is 2.32. The van der Waals surface area contributed by atoms with E-state index in [1.54, 1.807) is 18.2 Å². The zero-order chi connectivity index (χ0) is 21.0. The van der Waals surface area contributed by atoms with Gasteiger partial charge in [-0.05, 0) is 49.1 Å². The number of hydrogen-bond acceptors (Lipinski definition) is 0. The lowest BCUT2D eigenvalue weighted by atomic mass is 9.75. The first-order valence-corrected chi connectivity index (χ1v) is 10.5. The van der Waals surface area contributed by atoms with Crippen molar-refractivity contribution in [2.45, 2.75) is 70.4 Å². The predicted molar refractivity (Wildman–Crippen MR) is 106 cm³/mol. The van der Waals surface area contributed by atoms with Crippen LogP contribution in [0.25, 0.3) is 11.1 Å². The zero-order valence-corrected chi connectivity index (χ0v) is 16.7. The Morgan fingerprint density at radius 1 is 0.931 bits per heavy atom. The van der Waals surface area contributed by atoms with Crippen molar-refractivity contribution in [2.75, 3.05) is 0 Å². The highest BCUT2D eigenvalue weighted by molar-refractivity contribution is 5.67. The topological polar surface area (TPSA) is 0 Å². The molecule has 158 valence electrons. The monoisotopic (exact) mass is 410 g/mol. The molecule has 0 saturated heterocycles. The molecule has 0 spiro atoms. The van der Waals surface area contributed by atoms with Crippen LogP contribution in [0.4, 0.5) is 22.0 Å². The van der Waals surface area contributed by atoms with E-state index in [0.29, 0.717) is 24.8 Å². The fraction of sp³-hybridized carbons (Fsp3) is 0.500. The van der Waals surface area contributed by atoms with Gasteiger partial charge in [0.05, 0.1) is 11.1 Å². The van der Waals surface area contributed by atoms with Crippen LogP contribution in [0.1, 0.15) is 75.3 Å². The normalized spacial score (nSPS) is 20.1. The molecule has 0 unspecified atom stereocenters. The van der Waals surface area contributed by atoms with Crippen LogP contribution in [-0.4, -0.2) is 0 Å². The van der Waals surface area contributed by atoms with Gasteiger partial charge in [-0.3, -0.25) is 0 Å². The van der Waals surface area contributed by atoms with Crippen molar-refractivity contribution in [2.24, 2.45) is 5.92 Å². The Morgan fingerprint density at radius 2 is 1.59 bits per heavy atom. The van der Waals surface area contributed by atoms with E-state index in [2.05, 4.69) is 6.92 Å². The molecule has 0 bridgehead atoms. The van der Waals surface area contributed by atoms with Gasteiger partial charge in [-0.25, -0.2) is 8.78 Å². The largest absolute Gasteiger partial charge is 0.416 e. The number of halogens is 5. The maximum absolute atomic E-state index is 15.4. The Hall–Kier alpha value is -1.91. The van der Waals surface area contributed by atoms with Gasteiger partial charge in [-0.15, -0.1) is 0 Å². The van der Waals surface area contributed by atoms with Crippen LogP contribution < -0.4 is 0 Å². The van der Waals surface area contributed by atoms with E-state index in [9.17, 15) is 17.6 Å². The summed E-state index contributed by atoms with van der Waals surface area (Å²) >= 11 is 0. The van der Waals surface area contributed by atoms with E-state index in [0.717, 1.165) is 38.5 Å². The predicted octanol–water partition coefficient (Wildman–Crippen LogP) is 8.50. The van der Waals surface area contributed by atoms with Crippen LogP contribution in [0.3, 0.4) is 0 Å². The van der Waals surface area contributed by atoms with Crippen LogP contribution in [0.5, 0.6) is 0 Å². The smallest absolute Gasteiger partial charge is 0.206 e. The van der Waals surface area contributed by atoms with Gasteiger partial charge in [-0.2, -0.15) is 13.2 Å². The van der Waals surface area contributed by atoms with Gasteiger partial charge in [0.15, 0.2) is 0 Å². The molecule has 0 nitrogen and oxygen atoms in total. The lowest BCUT2D eigenvalue weighted by molar-refractivity contribution is -0.138. The summed E-state index contributed by atoms with van der Waals surface area (Å²) in [6.45, 7) is 2.14. The van der Waals surface area contributed by atoms with E-state index in [1.807, 2.05) is 0 Å². The molecule has 0 N–H and O–H groups in total. The van der Waals surface area contributed by atoms with E-state index < -0.39 is 29.3 Å². The lowest BCUT2D eigenvalue weighted by Gasteiger charge is -2.31. The summed E-state index contributed by atoms with van der Waals surface area (Å²) in [4.78, 5) is 0. The number of rotatable bonds is 6. The molecule has 2 aromatic rings. The number of hydrogen-bond donors (Lipinski definition) is 0. The molecular weight excluding hydrogens is 383 g/mol. The molecule has 1 aliphatic rings. The fourth-order valence-electron chi connectivity index (χ4n) is 4.56. The van der Waals surface area contributed by atoms with Crippen LogP contribution >= 0.6 is 0 Å². The van der Waals surface area contributed by atoms with E-state index in [1.165, 1.54) is 12.1 Å². The second-order valence-electron chi connectivity index (χ2n) is 8.09. The number of unbranched alkanes of at least 4 members (excludes halogenated alkanes) is 2. The Bertz CT molecular complexity index is 802. The highest BCUT2D eigenvalue weighted by atomic mass is 19.4. The van der Waals surface area contributed by atoms with Crippen LogP contribution in [0.2, 0.25) is 0 Å². The third-order valence-corrected chi connectivity index (χ3v) is 6.09. The van der Waals surface area contributed by atoms with Crippen molar-refractivity contribution < 1.29 is 22.0 Å². The minimum absolute atomic E-state index is 0.255. The van der Waals surface area contributed by atoms with E-state index in [4.69, 9.17) is 0 Å².